The van der Waals surface area contributed by atoms with Crippen molar-refractivity contribution in [3.8, 4) is 0 Å². The lowest BCUT2D eigenvalue weighted by molar-refractivity contribution is -0.268. The zero-order chi connectivity index (χ0) is 33.3. The number of methoxy groups -OCH3 is 1. The number of carbonyl (C=O) groups excluding carboxylic acids is 4. The molecule has 2 unspecified atom stereocenters. The van der Waals surface area contributed by atoms with Gasteiger partial charge in [0.2, 0.25) is 12.2 Å². The lowest BCUT2D eigenvalue weighted by atomic mass is 9.85. The number of hydrogen-bond acceptors (Lipinski definition) is 11. The van der Waals surface area contributed by atoms with Crippen molar-refractivity contribution in [3.63, 3.8) is 0 Å². The Morgan fingerprint density at radius 1 is 0.717 bits per heavy atom. The second kappa shape index (κ2) is 15.9. The number of rotatable bonds is 10. The molecule has 1 fully saturated rings. The van der Waals surface area contributed by atoms with E-state index in [-0.39, 0.29) is 16.7 Å². The van der Waals surface area contributed by atoms with Gasteiger partial charge in [-0.3, -0.25) is 10.2 Å². The number of carbonyl (C=O) groups is 4. The molecule has 0 spiro atoms. The second-order valence-electron chi connectivity index (χ2n) is 9.87. The molecule has 0 amide bonds. The summed E-state index contributed by atoms with van der Waals surface area (Å²) in [7, 11) is 1.14. The number of nitrogens with one attached hydrogen (secondary N) is 1. The topological polar surface area (TPSA) is 148 Å². The molecular formula is C32H28Cl3NO10. The van der Waals surface area contributed by atoms with Crippen molar-refractivity contribution in [3.05, 3.63) is 108 Å². The van der Waals surface area contributed by atoms with E-state index in [1.54, 1.807) is 54.6 Å². The third kappa shape index (κ3) is 9.20. The molecule has 242 valence electrons. The van der Waals surface area contributed by atoms with Gasteiger partial charge in [0.25, 0.3) is 3.79 Å². The van der Waals surface area contributed by atoms with E-state index in [9.17, 15) is 19.2 Å². The fraction of sp³-hybridized carbons (Fsp3) is 0.281. The first-order chi connectivity index (χ1) is 22.0. The molecule has 4 rings (SSSR count). The average molecular weight is 693 g/mol. The molecule has 1 N–H and O–H groups in total. The number of hydrogen-bond donors (Lipinski definition) is 1. The van der Waals surface area contributed by atoms with Crippen molar-refractivity contribution in [2.45, 2.75) is 34.8 Å². The molecular weight excluding hydrogens is 665 g/mol. The van der Waals surface area contributed by atoms with Crippen LogP contribution in [-0.4, -0.2) is 71.9 Å². The standard InChI is InChI=1S/C32H28Cl3NO10/c1-41-24(37)17-22-25(44-28(39)20-13-7-3-8-14-20)23(18-42-27(38)19-11-5-2-6-12-19)43-30(46-31(36)32(33,34)35)26(22)45-29(40)21-15-9-4-10-16-21/h2-16,22-23,25-26,30,36H,17-18H2,1H3/t22?,23?,25-,26-,30+/m1/s1. The number of benzene rings is 3. The van der Waals surface area contributed by atoms with Gasteiger partial charge in [0.05, 0.1) is 36.1 Å². The number of alkyl halides is 3. The number of esters is 4. The van der Waals surface area contributed by atoms with E-state index in [0.717, 1.165) is 7.11 Å². The summed E-state index contributed by atoms with van der Waals surface area (Å²) in [5.74, 6) is -5.32. The number of ether oxygens (including phenoxy) is 6. The molecule has 0 bridgehead atoms. The Labute approximate surface area is 279 Å². The number of halogens is 3. The summed E-state index contributed by atoms with van der Waals surface area (Å²) in [6.45, 7) is -0.529. The summed E-state index contributed by atoms with van der Waals surface area (Å²) in [4.78, 5) is 52.2. The van der Waals surface area contributed by atoms with Gasteiger partial charge in [0.1, 0.15) is 18.8 Å². The Morgan fingerprint density at radius 3 is 1.63 bits per heavy atom. The molecule has 0 saturated carbocycles. The highest BCUT2D eigenvalue weighted by molar-refractivity contribution is 6.76. The van der Waals surface area contributed by atoms with Crippen molar-refractivity contribution in [2.75, 3.05) is 13.7 Å². The Morgan fingerprint density at radius 2 is 1.17 bits per heavy atom. The van der Waals surface area contributed by atoms with Crippen LogP contribution in [0.15, 0.2) is 91.0 Å². The maximum atomic E-state index is 13.3. The fourth-order valence-corrected chi connectivity index (χ4v) is 4.70. The SMILES string of the molecule is COC(=O)CC1[C@@H](OC(=O)c2ccccc2)C(COC(=O)c2ccccc2)O[C@@H](OC(=N)C(Cl)(Cl)Cl)[C@@H]1OC(=O)c1ccccc1. The van der Waals surface area contributed by atoms with Crippen LogP contribution in [0.4, 0.5) is 0 Å². The summed E-state index contributed by atoms with van der Waals surface area (Å²) in [6, 6.07) is 23.9. The van der Waals surface area contributed by atoms with E-state index < -0.39 is 77.1 Å². The summed E-state index contributed by atoms with van der Waals surface area (Å²) < 4.78 is 31.4. The molecule has 0 aromatic heterocycles. The highest BCUT2D eigenvalue weighted by Gasteiger charge is 2.53. The largest absolute Gasteiger partial charge is 0.469 e. The molecule has 1 aliphatic heterocycles. The molecule has 3 aromatic carbocycles. The van der Waals surface area contributed by atoms with Gasteiger partial charge in [-0.15, -0.1) is 0 Å². The highest BCUT2D eigenvalue weighted by atomic mass is 35.6. The van der Waals surface area contributed by atoms with E-state index in [0.29, 0.717) is 0 Å². The molecule has 1 heterocycles. The minimum Gasteiger partial charge on any atom is -0.469 e. The first kappa shape index (κ1) is 34.7. The molecule has 11 nitrogen and oxygen atoms in total. The predicted molar refractivity (Wildman–Crippen MR) is 166 cm³/mol. The zero-order valence-corrected chi connectivity index (χ0v) is 26.4. The zero-order valence-electron chi connectivity index (χ0n) is 24.2. The highest BCUT2D eigenvalue weighted by Crippen LogP contribution is 2.37. The first-order valence-electron chi connectivity index (χ1n) is 13.8. The van der Waals surface area contributed by atoms with Crippen LogP contribution < -0.4 is 0 Å². The van der Waals surface area contributed by atoms with Crippen LogP contribution >= 0.6 is 34.8 Å². The predicted octanol–water partition coefficient (Wildman–Crippen LogP) is 5.56. The Bertz CT molecular complexity index is 1520. The molecule has 5 atom stereocenters. The van der Waals surface area contributed by atoms with E-state index in [1.807, 2.05) is 0 Å². The van der Waals surface area contributed by atoms with E-state index >= 15 is 0 Å². The monoisotopic (exact) mass is 691 g/mol. The van der Waals surface area contributed by atoms with Gasteiger partial charge in [-0.05, 0) is 36.4 Å². The van der Waals surface area contributed by atoms with Gasteiger partial charge in [-0.25, -0.2) is 14.4 Å². The van der Waals surface area contributed by atoms with Crippen molar-refractivity contribution >= 4 is 64.6 Å². The van der Waals surface area contributed by atoms with Gasteiger partial charge in [-0.1, -0.05) is 89.4 Å². The minimum absolute atomic E-state index is 0.131. The average Bonchev–Trinajstić information content (AvgIpc) is 3.06. The van der Waals surface area contributed by atoms with Crippen LogP contribution in [0.3, 0.4) is 0 Å². The summed E-state index contributed by atoms with van der Waals surface area (Å²) in [6.07, 6.45) is -6.49. The summed E-state index contributed by atoms with van der Waals surface area (Å²) >= 11 is 17.6. The van der Waals surface area contributed by atoms with E-state index in [4.69, 9.17) is 68.6 Å². The van der Waals surface area contributed by atoms with Crippen molar-refractivity contribution in [2.24, 2.45) is 5.92 Å². The Kier molecular flexibility index (Phi) is 12.0. The Hall–Kier alpha value is -4.16. The van der Waals surface area contributed by atoms with Crippen LogP contribution in [0.25, 0.3) is 0 Å². The lowest BCUT2D eigenvalue weighted by Crippen LogP contribution is -2.60. The van der Waals surface area contributed by atoms with E-state index in [2.05, 4.69) is 0 Å². The molecule has 0 aliphatic carbocycles. The molecule has 1 aliphatic rings. The van der Waals surface area contributed by atoms with Gasteiger partial charge >= 0.3 is 23.9 Å². The summed E-state index contributed by atoms with van der Waals surface area (Å²) in [5, 5.41) is 8.18. The van der Waals surface area contributed by atoms with Crippen molar-refractivity contribution in [1.82, 2.24) is 0 Å². The maximum Gasteiger partial charge on any atom is 0.338 e. The van der Waals surface area contributed by atoms with Gasteiger partial charge in [0.15, 0.2) is 6.10 Å². The summed E-state index contributed by atoms with van der Waals surface area (Å²) in [5.41, 5.74) is 0.516. The van der Waals surface area contributed by atoms with Crippen LogP contribution in [0.2, 0.25) is 0 Å². The Balaban J connectivity index is 1.75. The molecule has 46 heavy (non-hydrogen) atoms. The molecule has 0 radical (unpaired) electrons. The minimum atomic E-state index is -2.36. The molecule has 1 saturated heterocycles. The lowest BCUT2D eigenvalue weighted by Gasteiger charge is -2.44. The quantitative estimate of drug-likeness (QED) is 0.0941. The maximum absolute atomic E-state index is 13.3. The van der Waals surface area contributed by atoms with Crippen LogP contribution in [0.1, 0.15) is 37.5 Å². The van der Waals surface area contributed by atoms with Crippen LogP contribution in [0, 0.1) is 11.3 Å². The smallest absolute Gasteiger partial charge is 0.338 e. The third-order valence-electron chi connectivity index (χ3n) is 6.80. The molecule has 3 aromatic rings. The van der Waals surface area contributed by atoms with Gasteiger partial charge in [0, 0.05) is 0 Å². The normalized spacial score (nSPS) is 20.9. The first-order valence-corrected chi connectivity index (χ1v) is 14.9. The van der Waals surface area contributed by atoms with Crippen molar-refractivity contribution < 1.29 is 47.6 Å². The fourth-order valence-electron chi connectivity index (χ4n) is 4.57. The van der Waals surface area contributed by atoms with Crippen LogP contribution in [0.5, 0.6) is 0 Å². The van der Waals surface area contributed by atoms with Crippen LogP contribution in [-0.2, 0) is 33.2 Å². The second-order valence-corrected chi connectivity index (χ2v) is 12.1. The van der Waals surface area contributed by atoms with Gasteiger partial charge < -0.3 is 28.4 Å². The molecule has 14 heteroatoms. The van der Waals surface area contributed by atoms with Crippen molar-refractivity contribution in [1.29, 1.82) is 5.41 Å². The van der Waals surface area contributed by atoms with E-state index in [1.165, 1.54) is 36.4 Å². The van der Waals surface area contributed by atoms with Gasteiger partial charge in [-0.2, -0.15) is 0 Å². The third-order valence-corrected chi connectivity index (χ3v) is 7.32.